The molecule has 0 aromatic heterocycles. The van der Waals surface area contributed by atoms with Gasteiger partial charge in [-0.1, -0.05) is 44.2 Å². The Morgan fingerprint density at radius 3 is 2.40 bits per heavy atom. The monoisotopic (exact) mass is 343 g/mol. The normalized spacial score (nSPS) is 10.6. The third-order valence-corrected chi connectivity index (χ3v) is 3.82. The van der Waals surface area contributed by atoms with Crippen LogP contribution in [0.2, 0.25) is 0 Å². The van der Waals surface area contributed by atoms with Gasteiger partial charge in [-0.2, -0.15) is 0 Å². The number of hydrogen-bond donors (Lipinski definition) is 1. The standard InChI is InChI=1S/C20H22FNO3/c1-14(2)15-7-9-17(10-8-15)20(24)25-13-19(23)22-12-11-16-5-3-4-6-18(16)21/h3-10,14H,11-13H2,1-2H3,(H,22,23). The van der Waals surface area contributed by atoms with Crippen molar-refractivity contribution in [2.24, 2.45) is 0 Å². The maximum atomic E-state index is 13.5. The first-order valence-corrected chi connectivity index (χ1v) is 8.24. The number of rotatable bonds is 7. The molecule has 0 unspecified atom stereocenters. The summed E-state index contributed by atoms with van der Waals surface area (Å²) in [5, 5.41) is 2.61. The van der Waals surface area contributed by atoms with Gasteiger partial charge in [0.2, 0.25) is 0 Å². The van der Waals surface area contributed by atoms with Crippen molar-refractivity contribution in [3.8, 4) is 0 Å². The lowest BCUT2D eigenvalue weighted by molar-refractivity contribution is -0.124. The Hall–Kier alpha value is -2.69. The summed E-state index contributed by atoms with van der Waals surface area (Å²) in [6, 6.07) is 13.5. The van der Waals surface area contributed by atoms with E-state index in [1.165, 1.54) is 6.07 Å². The number of hydrogen-bond acceptors (Lipinski definition) is 3. The van der Waals surface area contributed by atoms with Gasteiger partial charge in [0.25, 0.3) is 5.91 Å². The Kier molecular flexibility index (Phi) is 6.69. The van der Waals surface area contributed by atoms with Crippen LogP contribution in [0.1, 0.15) is 41.3 Å². The number of carbonyl (C=O) groups is 2. The van der Waals surface area contributed by atoms with Gasteiger partial charge in [-0.05, 0) is 41.7 Å². The van der Waals surface area contributed by atoms with Crippen molar-refractivity contribution >= 4 is 11.9 Å². The molecule has 0 fully saturated rings. The second-order valence-corrected chi connectivity index (χ2v) is 6.04. The average Bonchev–Trinajstić information content (AvgIpc) is 2.61. The first-order chi connectivity index (χ1) is 12.0. The summed E-state index contributed by atoms with van der Waals surface area (Å²) in [4.78, 5) is 23.6. The molecule has 2 aromatic carbocycles. The summed E-state index contributed by atoms with van der Waals surface area (Å²) in [5.74, 6) is -0.874. The number of benzene rings is 2. The maximum absolute atomic E-state index is 13.5. The molecule has 0 aliphatic carbocycles. The lowest BCUT2D eigenvalue weighted by atomic mass is 10.0. The summed E-state index contributed by atoms with van der Waals surface area (Å²) >= 11 is 0. The highest BCUT2D eigenvalue weighted by atomic mass is 19.1. The van der Waals surface area contributed by atoms with Gasteiger partial charge in [0, 0.05) is 6.54 Å². The number of halogens is 1. The predicted molar refractivity (Wildman–Crippen MR) is 93.9 cm³/mol. The third-order valence-electron chi connectivity index (χ3n) is 3.82. The Labute approximate surface area is 147 Å². The smallest absolute Gasteiger partial charge is 0.338 e. The van der Waals surface area contributed by atoms with Crippen LogP contribution in [0.4, 0.5) is 4.39 Å². The zero-order chi connectivity index (χ0) is 18.2. The molecular formula is C20H22FNO3. The van der Waals surface area contributed by atoms with Crippen LogP contribution >= 0.6 is 0 Å². The maximum Gasteiger partial charge on any atom is 0.338 e. The van der Waals surface area contributed by atoms with Crippen molar-refractivity contribution in [2.75, 3.05) is 13.2 Å². The first kappa shape index (κ1) is 18.6. The predicted octanol–water partition coefficient (Wildman–Crippen LogP) is 3.46. The number of carbonyl (C=O) groups excluding carboxylic acids is 2. The Bertz CT molecular complexity index is 726. The van der Waals surface area contributed by atoms with Crippen LogP contribution < -0.4 is 5.32 Å². The highest BCUT2D eigenvalue weighted by Gasteiger charge is 2.11. The minimum absolute atomic E-state index is 0.278. The van der Waals surface area contributed by atoms with E-state index < -0.39 is 11.9 Å². The summed E-state index contributed by atoms with van der Waals surface area (Å²) in [6.45, 7) is 4.06. The summed E-state index contributed by atoms with van der Waals surface area (Å²) in [7, 11) is 0. The lowest BCUT2D eigenvalue weighted by Crippen LogP contribution is -2.30. The number of amides is 1. The fourth-order valence-electron chi connectivity index (χ4n) is 2.31. The van der Waals surface area contributed by atoms with E-state index in [2.05, 4.69) is 19.2 Å². The van der Waals surface area contributed by atoms with E-state index in [9.17, 15) is 14.0 Å². The number of ether oxygens (including phenoxy) is 1. The van der Waals surface area contributed by atoms with Crippen LogP contribution in [-0.2, 0) is 16.0 Å². The molecule has 0 spiro atoms. The molecule has 0 aliphatic heterocycles. The van der Waals surface area contributed by atoms with E-state index in [4.69, 9.17) is 4.74 Å². The van der Waals surface area contributed by atoms with Gasteiger partial charge in [0.05, 0.1) is 5.56 Å². The Morgan fingerprint density at radius 2 is 1.76 bits per heavy atom. The van der Waals surface area contributed by atoms with Crippen molar-refractivity contribution in [3.05, 3.63) is 71.0 Å². The van der Waals surface area contributed by atoms with Crippen molar-refractivity contribution in [1.29, 1.82) is 0 Å². The highest BCUT2D eigenvalue weighted by Crippen LogP contribution is 2.15. The van der Waals surface area contributed by atoms with E-state index in [0.717, 1.165) is 5.56 Å². The molecule has 2 aromatic rings. The van der Waals surface area contributed by atoms with Crippen LogP contribution in [0.3, 0.4) is 0 Å². The Morgan fingerprint density at radius 1 is 1.08 bits per heavy atom. The van der Waals surface area contributed by atoms with Crippen molar-refractivity contribution < 1.29 is 18.7 Å². The SMILES string of the molecule is CC(C)c1ccc(C(=O)OCC(=O)NCCc2ccccc2F)cc1. The molecule has 1 amide bonds. The van der Waals surface area contributed by atoms with Crippen LogP contribution in [0.15, 0.2) is 48.5 Å². The van der Waals surface area contributed by atoms with Gasteiger partial charge in [0.1, 0.15) is 5.82 Å². The summed E-state index contributed by atoms with van der Waals surface area (Å²) < 4.78 is 18.4. The third kappa shape index (κ3) is 5.71. The quantitative estimate of drug-likeness (QED) is 0.783. The summed E-state index contributed by atoms with van der Waals surface area (Å²) in [6.07, 6.45) is 0.378. The van der Waals surface area contributed by atoms with E-state index in [1.807, 2.05) is 12.1 Å². The van der Waals surface area contributed by atoms with Gasteiger partial charge in [-0.15, -0.1) is 0 Å². The van der Waals surface area contributed by atoms with Gasteiger partial charge in [-0.25, -0.2) is 9.18 Å². The van der Waals surface area contributed by atoms with Crippen molar-refractivity contribution in [2.45, 2.75) is 26.2 Å². The van der Waals surface area contributed by atoms with Crippen LogP contribution in [-0.4, -0.2) is 25.0 Å². The van der Waals surface area contributed by atoms with Crippen LogP contribution in [0, 0.1) is 5.82 Å². The fourth-order valence-corrected chi connectivity index (χ4v) is 2.31. The summed E-state index contributed by atoms with van der Waals surface area (Å²) in [5.41, 5.74) is 2.07. The molecule has 4 nitrogen and oxygen atoms in total. The fraction of sp³-hybridized carbons (Fsp3) is 0.300. The van der Waals surface area contributed by atoms with E-state index in [0.29, 0.717) is 23.5 Å². The molecule has 0 heterocycles. The van der Waals surface area contributed by atoms with Gasteiger partial charge in [-0.3, -0.25) is 4.79 Å². The molecule has 0 saturated heterocycles. The highest BCUT2D eigenvalue weighted by molar-refractivity contribution is 5.91. The molecule has 1 N–H and O–H groups in total. The molecule has 0 saturated carbocycles. The largest absolute Gasteiger partial charge is 0.452 e. The number of esters is 1. The number of nitrogens with one attached hydrogen (secondary N) is 1. The van der Waals surface area contributed by atoms with E-state index >= 15 is 0 Å². The van der Waals surface area contributed by atoms with E-state index in [-0.39, 0.29) is 19.0 Å². The molecule has 132 valence electrons. The second kappa shape index (κ2) is 8.97. The average molecular weight is 343 g/mol. The zero-order valence-electron chi connectivity index (χ0n) is 14.4. The van der Waals surface area contributed by atoms with Crippen LogP contribution in [0.5, 0.6) is 0 Å². The van der Waals surface area contributed by atoms with Gasteiger partial charge < -0.3 is 10.1 Å². The lowest BCUT2D eigenvalue weighted by Gasteiger charge is -2.08. The molecule has 0 atom stereocenters. The molecule has 0 bridgehead atoms. The first-order valence-electron chi connectivity index (χ1n) is 8.24. The molecule has 25 heavy (non-hydrogen) atoms. The van der Waals surface area contributed by atoms with Crippen molar-refractivity contribution in [3.63, 3.8) is 0 Å². The van der Waals surface area contributed by atoms with Crippen molar-refractivity contribution in [1.82, 2.24) is 5.32 Å². The van der Waals surface area contributed by atoms with Gasteiger partial charge >= 0.3 is 5.97 Å². The molecule has 5 heteroatoms. The minimum atomic E-state index is -0.542. The topological polar surface area (TPSA) is 55.4 Å². The minimum Gasteiger partial charge on any atom is -0.452 e. The molecule has 0 radical (unpaired) electrons. The van der Waals surface area contributed by atoms with Crippen LogP contribution in [0.25, 0.3) is 0 Å². The van der Waals surface area contributed by atoms with Gasteiger partial charge in [0.15, 0.2) is 6.61 Å². The molecular weight excluding hydrogens is 321 g/mol. The molecule has 0 aliphatic rings. The Balaban J connectivity index is 1.74. The molecule has 2 rings (SSSR count). The van der Waals surface area contributed by atoms with E-state index in [1.54, 1.807) is 30.3 Å². The zero-order valence-corrected chi connectivity index (χ0v) is 14.4. The second-order valence-electron chi connectivity index (χ2n) is 6.04.